The highest BCUT2D eigenvalue weighted by Gasteiger charge is 2.21. The van der Waals surface area contributed by atoms with Crippen molar-refractivity contribution in [2.75, 3.05) is 5.73 Å². The van der Waals surface area contributed by atoms with Crippen molar-refractivity contribution in [2.45, 2.75) is 45.1 Å². The summed E-state index contributed by atoms with van der Waals surface area (Å²) in [5.41, 5.74) is 6.33. The first-order valence-electron chi connectivity index (χ1n) is 6.40. The number of benzene rings is 1. The fourth-order valence-corrected chi connectivity index (χ4v) is 2.68. The van der Waals surface area contributed by atoms with Gasteiger partial charge in [0.1, 0.15) is 5.75 Å². The van der Waals surface area contributed by atoms with Crippen molar-refractivity contribution in [3.63, 3.8) is 0 Å². The van der Waals surface area contributed by atoms with Gasteiger partial charge in [-0.15, -0.1) is 0 Å². The summed E-state index contributed by atoms with van der Waals surface area (Å²) in [5.74, 6) is 1.65. The van der Waals surface area contributed by atoms with Crippen LogP contribution in [0.4, 0.5) is 5.69 Å². The summed E-state index contributed by atoms with van der Waals surface area (Å²) >= 11 is 6.10. The molecule has 1 aliphatic carbocycles. The maximum atomic E-state index is 6.10. The fraction of sp³-hybridized carbons (Fsp3) is 0.571. The van der Waals surface area contributed by atoms with Gasteiger partial charge in [-0.3, -0.25) is 0 Å². The zero-order chi connectivity index (χ0) is 12.3. The molecule has 17 heavy (non-hydrogen) atoms. The van der Waals surface area contributed by atoms with Gasteiger partial charge in [0.15, 0.2) is 0 Å². The zero-order valence-electron chi connectivity index (χ0n) is 10.3. The minimum absolute atomic E-state index is 0.318. The molecule has 94 valence electrons. The Hall–Kier alpha value is -0.890. The molecule has 0 amide bonds. The minimum Gasteiger partial charge on any atom is -0.489 e. The van der Waals surface area contributed by atoms with Crippen molar-refractivity contribution in [2.24, 2.45) is 5.92 Å². The second-order valence-electron chi connectivity index (χ2n) is 4.86. The van der Waals surface area contributed by atoms with Gasteiger partial charge in [-0.1, -0.05) is 24.9 Å². The van der Waals surface area contributed by atoms with Gasteiger partial charge in [0.2, 0.25) is 0 Å². The quantitative estimate of drug-likeness (QED) is 0.817. The van der Waals surface area contributed by atoms with Crippen molar-refractivity contribution < 1.29 is 4.74 Å². The Kier molecular flexibility index (Phi) is 4.16. The number of hydrogen-bond donors (Lipinski definition) is 1. The molecule has 0 aromatic heterocycles. The molecule has 0 atom stereocenters. The molecule has 0 heterocycles. The van der Waals surface area contributed by atoms with Crippen LogP contribution in [0.15, 0.2) is 18.2 Å². The molecule has 1 aromatic rings. The first-order chi connectivity index (χ1) is 8.19. The SMILES string of the molecule is CCC1CCC(Oc2ccc(N)cc2Cl)CC1. The molecule has 0 saturated heterocycles. The van der Waals surface area contributed by atoms with Crippen LogP contribution in [0.2, 0.25) is 5.02 Å². The van der Waals surface area contributed by atoms with Crippen LogP contribution in [0.3, 0.4) is 0 Å². The first-order valence-corrected chi connectivity index (χ1v) is 6.78. The average Bonchev–Trinajstić information content (AvgIpc) is 2.34. The second kappa shape index (κ2) is 5.63. The molecule has 1 fully saturated rings. The molecule has 0 spiro atoms. The first kappa shape index (κ1) is 12.6. The molecular formula is C14H20ClNO. The van der Waals surface area contributed by atoms with Gasteiger partial charge >= 0.3 is 0 Å². The van der Waals surface area contributed by atoms with E-state index >= 15 is 0 Å². The molecule has 0 bridgehead atoms. The summed E-state index contributed by atoms with van der Waals surface area (Å²) in [4.78, 5) is 0. The number of nitrogens with two attached hydrogens (primary N) is 1. The van der Waals surface area contributed by atoms with Crippen LogP contribution in [0, 0.1) is 5.92 Å². The second-order valence-corrected chi connectivity index (χ2v) is 5.27. The summed E-state index contributed by atoms with van der Waals surface area (Å²) in [7, 11) is 0. The third-order valence-corrected chi connectivity index (χ3v) is 3.92. The third-order valence-electron chi connectivity index (χ3n) is 3.62. The van der Waals surface area contributed by atoms with E-state index in [1.54, 1.807) is 6.07 Å². The van der Waals surface area contributed by atoms with Crippen molar-refractivity contribution in [1.29, 1.82) is 0 Å². The summed E-state index contributed by atoms with van der Waals surface area (Å²) in [6.07, 6.45) is 6.42. The number of halogens is 1. The van der Waals surface area contributed by atoms with Crippen LogP contribution in [-0.2, 0) is 0 Å². The predicted octanol–water partition coefficient (Wildman–Crippen LogP) is 4.27. The van der Waals surface area contributed by atoms with E-state index in [9.17, 15) is 0 Å². The predicted molar refractivity (Wildman–Crippen MR) is 72.5 cm³/mol. The lowest BCUT2D eigenvalue weighted by Crippen LogP contribution is -2.24. The summed E-state index contributed by atoms with van der Waals surface area (Å²) in [6, 6.07) is 5.44. The standard InChI is InChI=1S/C14H20ClNO/c1-2-10-3-6-12(7-4-10)17-14-8-5-11(16)9-13(14)15/h5,8-10,12H,2-4,6-7,16H2,1H3. The molecule has 2 rings (SSSR count). The monoisotopic (exact) mass is 253 g/mol. The Bertz CT molecular complexity index is 372. The third kappa shape index (κ3) is 3.29. The van der Waals surface area contributed by atoms with E-state index in [4.69, 9.17) is 22.1 Å². The van der Waals surface area contributed by atoms with E-state index < -0.39 is 0 Å². The summed E-state index contributed by atoms with van der Waals surface area (Å²) < 4.78 is 5.95. The highest BCUT2D eigenvalue weighted by atomic mass is 35.5. The van der Waals surface area contributed by atoms with Crippen molar-refractivity contribution >= 4 is 17.3 Å². The van der Waals surface area contributed by atoms with Gasteiger partial charge in [-0.25, -0.2) is 0 Å². The number of ether oxygens (including phenoxy) is 1. The zero-order valence-corrected chi connectivity index (χ0v) is 11.0. The Morgan fingerprint density at radius 2 is 2.00 bits per heavy atom. The van der Waals surface area contributed by atoms with Crippen LogP contribution in [0.5, 0.6) is 5.75 Å². The minimum atomic E-state index is 0.318. The number of hydrogen-bond acceptors (Lipinski definition) is 2. The molecule has 2 nitrogen and oxygen atoms in total. The van der Waals surface area contributed by atoms with Crippen LogP contribution in [-0.4, -0.2) is 6.10 Å². The number of rotatable bonds is 3. The van der Waals surface area contributed by atoms with Gasteiger partial charge in [-0.2, -0.15) is 0 Å². The van der Waals surface area contributed by atoms with Crippen LogP contribution >= 0.6 is 11.6 Å². The summed E-state index contributed by atoms with van der Waals surface area (Å²) in [6.45, 7) is 2.27. The van der Waals surface area contributed by atoms with Crippen LogP contribution < -0.4 is 10.5 Å². The Balaban J connectivity index is 1.93. The van der Waals surface area contributed by atoms with Gasteiger partial charge < -0.3 is 10.5 Å². The van der Waals surface area contributed by atoms with E-state index in [1.165, 1.54) is 19.3 Å². The highest BCUT2D eigenvalue weighted by Crippen LogP contribution is 2.32. The van der Waals surface area contributed by atoms with Crippen LogP contribution in [0.25, 0.3) is 0 Å². The van der Waals surface area contributed by atoms with E-state index in [0.717, 1.165) is 24.5 Å². The molecule has 0 unspecified atom stereocenters. The van der Waals surface area contributed by atoms with Gasteiger partial charge in [-0.05, 0) is 49.8 Å². The smallest absolute Gasteiger partial charge is 0.138 e. The van der Waals surface area contributed by atoms with E-state index in [1.807, 2.05) is 12.1 Å². The topological polar surface area (TPSA) is 35.2 Å². The fourth-order valence-electron chi connectivity index (χ4n) is 2.45. The molecule has 0 aliphatic heterocycles. The van der Waals surface area contributed by atoms with Crippen molar-refractivity contribution in [3.8, 4) is 5.75 Å². The molecule has 3 heteroatoms. The highest BCUT2D eigenvalue weighted by molar-refractivity contribution is 6.32. The number of nitrogen functional groups attached to an aromatic ring is 1. The lowest BCUT2D eigenvalue weighted by Gasteiger charge is -2.28. The summed E-state index contributed by atoms with van der Waals surface area (Å²) in [5, 5.41) is 0.614. The largest absolute Gasteiger partial charge is 0.489 e. The van der Waals surface area contributed by atoms with Gasteiger partial charge in [0.25, 0.3) is 0 Å². The average molecular weight is 254 g/mol. The van der Waals surface area contributed by atoms with E-state index in [-0.39, 0.29) is 0 Å². The normalized spacial score (nSPS) is 24.6. The van der Waals surface area contributed by atoms with Gasteiger partial charge in [0.05, 0.1) is 11.1 Å². The van der Waals surface area contributed by atoms with Crippen molar-refractivity contribution in [1.82, 2.24) is 0 Å². The molecule has 2 N–H and O–H groups in total. The molecule has 1 aromatic carbocycles. The Morgan fingerprint density at radius 1 is 1.29 bits per heavy atom. The molecule has 1 saturated carbocycles. The maximum Gasteiger partial charge on any atom is 0.138 e. The molecular weight excluding hydrogens is 234 g/mol. The number of anilines is 1. The van der Waals surface area contributed by atoms with Gasteiger partial charge in [0, 0.05) is 5.69 Å². The lowest BCUT2D eigenvalue weighted by atomic mass is 9.86. The molecule has 0 radical (unpaired) electrons. The van der Waals surface area contributed by atoms with E-state index in [2.05, 4.69) is 6.92 Å². The van der Waals surface area contributed by atoms with Crippen LogP contribution in [0.1, 0.15) is 39.0 Å². The molecule has 1 aliphatic rings. The lowest BCUT2D eigenvalue weighted by molar-refractivity contribution is 0.130. The Morgan fingerprint density at radius 3 is 2.59 bits per heavy atom. The van der Waals surface area contributed by atoms with Crippen molar-refractivity contribution in [3.05, 3.63) is 23.2 Å². The van der Waals surface area contributed by atoms with E-state index in [0.29, 0.717) is 16.8 Å². The Labute approximate surface area is 108 Å². The maximum absolute atomic E-state index is 6.10.